The van der Waals surface area contributed by atoms with Crippen molar-refractivity contribution in [1.82, 2.24) is 4.98 Å². The number of hydrogen-bond acceptors (Lipinski definition) is 5. The van der Waals surface area contributed by atoms with E-state index in [9.17, 15) is 12.8 Å². The lowest BCUT2D eigenvalue weighted by molar-refractivity contribution is 0.292. The molecule has 0 radical (unpaired) electrons. The highest BCUT2D eigenvalue weighted by molar-refractivity contribution is 7.90. The zero-order valence-electron chi connectivity index (χ0n) is 21.7. The summed E-state index contributed by atoms with van der Waals surface area (Å²) in [5, 5.41) is 0. The van der Waals surface area contributed by atoms with Crippen molar-refractivity contribution in [1.29, 1.82) is 0 Å². The van der Waals surface area contributed by atoms with Crippen molar-refractivity contribution in [3.8, 4) is 22.8 Å². The summed E-state index contributed by atoms with van der Waals surface area (Å²) in [7, 11) is -3.05. The molecular formula is C29H33F2NO4S. The van der Waals surface area contributed by atoms with Crippen LogP contribution in [0.15, 0.2) is 42.6 Å². The summed E-state index contributed by atoms with van der Waals surface area (Å²) >= 11 is 0. The van der Waals surface area contributed by atoms with Gasteiger partial charge in [-0.15, -0.1) is 0 Å². The van der Waals surface area contributed by atoms with E-state index in [2.05, 4.69) is 11.1 Å². The number of hydrogen-bond donors (Lipinski definition) is 0. The summed E-state index contributed by atoms with van der Waals surface area (Å²) in [6, 6.07) is 10.2. The fraction of sp³-hybridized carbons (Fsp3) is 0.414. The third-order valence-electron chi connectivity index (χ3n) is 6.77. The lowest BCUT2D eigenvalue weighted by Crippen LogP contribution is -2.08. The van der Waals surface area contributed by atoms with E-state index < -0.39 is 21.5 Å². The van der Waals surface area contributed by atoms with E-state index in [1.165, 1.54) is 42.1 Å². The fourth-order valence-corrected chi connectivity index (χ4v) is 5.47. The molecule has 198 valence electrons. The highest BCUT2D eigenvalue weighted by atomic mass is 32.2. The first-order valence-electron chi connectivity index (χ1n) is 12.7. The zero-order chi connectivity index (χ0) is 26.7. The van der Waals surface area contributed by atoms with Crippen molar-refractivity contribution in [2.24, 2.45) is 5.92 Å². The summed E-state index contributed by atoms with van der Waals surface area (Å²) in [6.07, 6.45) is 5.32. The van der Waals surface area contributed by atoms with Crippen LogP contribution in [0.4, 0.5) is 8.78 Å². The normalized spacial score (nSPS) is 17.4. The van der Waals surface area contributed by atoms with Gasteiger partial charge in [-0.3, -0.25) is 0 Å². The number of sulfone groups is 1. The molecule has 0 amide bonds. The fourth-order valence-electron chi connectivity index (χ4n) is 4.83. The summed E-state index contributed by atoms with van der Waals surface area (Å²) in [5.74, 6) is 1.07. The Morgan fingerprint density at radius 1 is 1.05 bits per heavy atom. The van der Waals surface area contributed by atoms with Gasteiger partial charge in [0.05, 0.1) is 17.9 Å². The number of pyridine rings is 1. The third kappa shape index (κ3) is 6.29. The molecule has 1 saturated carbocycles. The van der Waals surface area contributed by atoms with E-state index in [4.69, 9.17) is 9.47 Å². The Balaban J connectivity index is 0.00000156. The molecule has 2 atom stereocenters. The summed E-state index contributed by atoms with van der Waals surface area (Å²) in [6.45, 7) is 5.77. The quantitative estimate of drug-likeness (QED) is 0.300. The molecule has 2 aromatic carbocycles. The van der Waals surface area contributed by atoms with Crippen LogP contribution in [0.2, 0.25) is 0 Å². The molecule has 1 heterocycles. The summed E-state index contributed by atoms with van der Waals surface area (Å²) in [4.78, 5) is 4.22. The van der Waals surface area contributed by atoms with Crippen LogP contribution in [0.1, 0.15) is 54.9 Å². The molecule has 2 aliphatic rings. The monoisotopic (exact) mass is 529 g/mol. The minimum absolute atomic E-state index is 0.0300. The largest absolute Gasteiger partial charge is 0.489 e. The molecule has 0 spiro atoms. The van der Waals surface area contributed by atoms with E-state index in [0.29, 0.717) is 35.1 Å². The number of fused-ring (bicyclic) bond motifs is 3. The van der Waals surface area contributed by atoms with Gasteiger partial charge in [-0.2, -0.15) is 0 Å². The second kappa shape index (κ2) is 11.2. The van der Waals surface area contributed by atoms with Crippen LogP contribution in [0.25, 0.3) is 11.1 Å². The summed E-state index contributed by atoms with van der Waals surface area (Å²) < 4.78 is 63.7. The number of aromatic nitrogens is 1. The average molecular weight is 530 g/mol. The second-order valence-corrected chi connectivity index (χ2v) is 11.8. The number of halogens is 2. The average Bonchev–Trinajstić information content (AvgIpc) is 3.53. The van der Waals surface area contributed by atoms with Crippen LogP contribution >= 0.6 is 0 Å². The molecule has 8 heteroatoms. The maximum absolute atomic E-state index is 15.4. The lowest BCUT2D eigenvalue weighted by atomic mass is 9.99. The van der Waals surface area contributed by atoms with E-state index >= 15 is 4.39 Å². The first kappa shape index (κ1) is 27.0. The molecule has 1 fully saturated rings. The van der Waals surface area contributed by atoms with Gasteiger partial charge in [-0.1, -0.05) is 19.9 Å². The van der Waals surface area contributed by atoms with Gasteiger partial charge < -0.3 is 9.47 Å². The first-order chi connectivity index (χ1) is 17.7. The van der Waals surface area contributed by atoms with Gasteiger partial charge in [0.2, 0.25) is 5.88 Å². The number of ether oxygens (including phenoxy) is 2. The van der Waals surface area contributed by atoms with E-state index in [1.54, 1.807) is 13.0 Å². The smallest absolute Gasteiger partial charge is 0.213 e. The molecule has 3 aromatic rings. The third-order valence-corrected chi connectivity index (χ3v) is 7.80. The number of nitrogens with zero attached hydrogens (tertiary/aromatic N) is 1. The van der Waals surface area contributed by atoms with E-state index in [1.807, 2.05) is 26.0 Å². The minimum Gasteiger partial charge on any atom is -0.489 e. The second-order valence-electron chi connectivity index (χ2n) is 9.51. The van der Waals surface area contributed by atoms with Crippen LogP contribution in [-0.4, -0.2) is 32.0 Å². The van der Waals surface area contributed by atoms with E-state index in [0.717, 1.165) is 12.3 Å². The van der Waals surface area contributed by atoms with Gasteiger partial charge >= 0.3 is 0 Å². The van der Waals surface area contributed by atoms with Crippen LogP contribution in [0.3, 0.4) is 0 Å². The maximum Gasteiger partial charge on any atom is 0.213 e. The van der Waals surface area contributed by atoms with Crippen molar-refractivity contribution < 1.29 is 26.7 Å². The number of aryl methyl sites for hydroxylation is 1. The predicted molar refractivity (Wildman–Crippen MR) is 141 cm³/mol. The summed E-state index contributed by atoms with van der Waals surface area (Å²) in [5.41, 5.74) is 3.97. The Labute approximate surface area is 217 Å². The Kier molecular flexibility index (Phi) is 8.17. The molecule has 0 bridgehead atoms. The van der Waals surface area contributed by atoms with Crippen LogP contribution in [0.5, 0.6) is 11.6 Å². The molecule has 0 saturated heterocycles. The highest BCUT2D eigenvalue weighted by Gasteiger charge is 2.44. The zero-order valence-corrected chi connectivity index (χ0v) is 22.5. The van der Waals surface area contributed by atoms with Crippen molar-refractivity contribution in [2.75, 3.05) is 18.6 Å². The Hall–Kier alpha value is -3.00. The van der Waals surface area contributed by atoms with Crippen molar-refractivity contribution in [2.45, 2.75) is 52.6 Å². The van der Waals surface area contributed by atoms with Crippen molar-refractivity contribution in [3.63, 3.8) is 0 Å². The standard InChI is InChI=1S/C27H27F2NO4S.C2H6/c1-16-10-26(33-8-3-9-35(2,31)32)30-14-23(16)21-6-7-25(28)24(27(21)29)15-34-19-4-5-20-17(12-19)11-18-13-22(18)20;1-2/h4-7,10,12,14,18,22H,3,8-9,11,13,15H2,1-2H3;1-2H3. The maximum atomic E-state index is 15.4. The molecule has 0 aliphatic heterocycles. The topological polar surface area (TPSA) is 65.5 Å². The SMILES string of the molecule is CC.Cc1cc(OCCCS(C)(=O)=O)ncc1-c1ccc(F)c(COc2ccc3c(c2)CC2CC32)c1F. The van der Waals surface area contributed by atoms with Crippen LogP contribution in [-0.2, 0) is 22.9 Å². The molecule has 5 nitrogen and oxygen atoms in total. The molecule has 5 rings (SSSR count). The van der Waals surface area contributed by atoms with Gasteiger partial charge in [-0.05, 0) is 79.0 Å². The molecule has 37 heavy (non-hydrogen) atoms. The van der Waals surface area contributed by atoms with Crippen LogP contribution in [0, 0.1) is 24.5 Å². The lowest BCUT2D eigenvalue weighted by Gasteiger charge is -2.14. The van der Waals surface area contributed by atoms with Gasteiger partial charge in [-0.25, -0.2) is 22.2 Å². The first-order valence-corrected chi connectivity index (χ1v) is 14.8. The Morgan fingerprint density at radius 2 is 1.84 bits per heavy atom. The van der Waals surface area contributed by atoms with Crippen molar-refractivity contribution >= 4 is 9.84 Å². The molecule has 2 unspecified atom stereocenters. The predicted octanol–water partition coefficient (Wildman–Crippen LogP) is 6.41. The number of rotatable bonds is 9. The van der Waals surface area contributed by atoms with Gasteiger partial charge in [0.1, 0.15) is 33.8 Å². The molecule has 0 N–H and O–H groups in total. The van der Waals surface area contributed by atoms with Gasteiger partial charge in [0, 0.05) is 29.6 Å². The van der Waals surface area contributed by atoms with Gasteiger partial charge in [0.15, 0.2) is 0 Å². The Bertz CT molecular complexity index is 1390. The van der Waals surface area contributed by atoms with Crippen molar-refractivity contribution in [3.05, 3.63) is 76.5 Å². The van der Waals surface area contributed by atoms with Crippen LogP contribution < -0.4 is 9.47 Å². The molecular weight excluding hydrogens is 496 g/mol. The minimum atomic E-state index is -3.05. The van der Waals surface area contributed by atoms with E-state index in [-0.39, 0.29) is 30.1 Å². The molecule has 1 aromatic heterocycles. The Morgan fingerprint density at radius 3 is 2.57 bits per heavy atom. The van der Waals surface area contributed by atoms with Gasteiger partial charge in [0.25, 0.3) is 0 Å². The molecule has 2 aliphatic carbocycles. The number of benzene rings is 2. The highest BCUT2D eigenvalue weighted by Crippen LogP contribution is 2.56.